The Hall–Kier alpha value is -1.90. The van der Waals surface area contributed by atoms with Crippen LogP contribution in [0.3, 0.4) is 0 Å². The Morgan fingerprint density at radius 3 is 1.82 bits per heavy atom. The highest BCUT2D eigenvalue weighted by atomic mass is 127. The van der Waals surface area contributed by atoms with Crippen molar-refractivity contribution in [2.24, 2.45) is 5.41 Å². The maximum Gasteiger partial charge on any atom is 0.261 e. The van der Waals surface area contributed by atoms with E-state index in [0.29, 0.717) is 24.8 Å². The number of nitrogens with zero attached hydrogens (tertiary/aromatic N) is 1. The van der Waals surface area contributed by atoms with Crippen LogP contribution in [0.2, 0.25) is 5.04 Å². The van der Waals surface area contributed by atoms with Gasteiger partial charge < -0.3 is 13.9 Å². The first-order chi connectivity index (χ1) is 15.6. The van der Waals surface area contributed by atoms with Crippen molar-refractivity contribution >= 4 is 41.3 Å². The fourth-order valence-corrected chi connectivity index (χ4v) is 9.20. The second-order valence-electron chi connectivity index (χ2n) is 10.0. The number of aromatic nitrogens is 1. The van der Waals surface area contributed by atoms with E-state index < -0.39 is 8.32 Å². The lowest BCUT2D eigenvalue weighted by Crippen LogP contribution is -2.67. The summed E-state index contributed by atoms with van der Waals surface area (Å²) in [5.74, 6) is 1.15. The summed E-state index contributed by atoms with van der Waals surface area (Å²) in [6.07, 6.45) is 0. The minimum absolute atomic E-state index is 0.0596. The van der Waals surface area contributed by atoms with Gasteiger partial charge in [-0.3, -0.25) is 0 Å². The SMILES string of the molecule is COc1nc(I)ccc1OCC(C)(C)CO[Si](c1ccccc1)(c1ccccc1)C(C)(C)C. The van der Waals surface area contributed by atoms with Gasteiger partial charge >= 0.3 is 0 Å². The normalized spacial score (nSPS) is 12.5. The molecule has 2 aromatic carbocycles. The van der Waals surface area contributed by atoms with Crippen molar-refractivity contribution in [1.29, 1.82) is 0 Å². The van der Waals surface area contributed by atoms with Gasteiger partial charge in [-0.05, 0) is 50.1 Å². The summed E-state index contributed by atoms with van der Waals surface area (Å²) >= 11 is 2.17. The Bertz CT molecular complexity index is 997. The van der Waals surface area contributed by atoms with Gasteiger partial charge in [-0.15, -0.1) is 0 Å². The third-order valence-electron chi connectivity index (χ3n) is 5.70. The van der Waals surface area contributed by atoms with Gasteiger partial charge in [0.2, 0.25) is 0 Å². The number of methoxy groups -OCH3 is 1. The summed E-state index contributed by atoms with van der Waals surface area (Å²) in [6, 6.07) is 25.3. The van der Waals surface area contributed by atoms with E-state index in [2.05, 4.69) is 123 Å². The molecular formula is C27H34INO3Si. The van der Waals surface area contributed by atoms with E-state index in [-0.39, 0.29) is 10.5 Å². The molecule has 0 N–H and O–H groups in total. The molecule has 4 nitrogen and oxygen atoms in total. The Morgan fingerprint density at radius 1 is 0.788 bits per heavy atom. The van der Waals surface area contributed by atoms with Gasteiger partial charge in [0.25, 0.3) is 14.2 Å². The lowest BCUT2D eigenvalue weighted by molar-refractivity contribution is 0.103. The van der Waals surface area contributed by atoms with E-state index in [1.54, 1.807) is 7.11 Å². The molecule has 176 valence electrons. The van der Waals surface area contributed by atoms with E-state index in [9.17, 15) is 0 Å². The molecule has 0 atom stereocenters. The van der Waals surface area contributed by atoms with Gasteiger partial charge in [-0.25, -0.2) is 4.98 Å². The first-order valence-electron chi connectivity index (χ1n) is 11.2. The molecule has 0 radical (unpaired) electrons. The molecule has 0 bridgehead atoms. The highest BCUT2D eigenvalue weighted by Crippen LogP contribution is 2.38. The number of halogens is 1. The van der Waals surface area contributed by atoms with Crippen LogP contribution in [-0.4, -0.2) is 33.6 Å². The van der Waals surface area contributed by atoms with Crippen LogP contribution in [0.25, 0.3) is 0 Å². The molecule has 0 saturated carbocycles. The third-order valence-corrected chi connectivity index (χ3v) is 11.3. The zero-order valence-corrected chi connectivity index (χ0v) is 23.5. The summed E-state index contributed by atoms with van der Waals surface area (Å²) in [5, 5.41) is 2.50. The first-order valence-corrected chi connectivity index (χ1v) is 14.2. The number of hydrogen-bond donors (Lipinski definition) is 0. The van der Waals surface area contributed by atoms with Crippen LogP contribution in [0.5, 0.6) is 11.6 Å². The molecule has 33 heavy (non-hydrogen) atoms. The molecule has 0 fully saturated rings. The van der Waals surface area contributed by atoms with Gasteiger partial charge in [0.1, 0.15) is 3.70 Å². The fourth-order valence-electron chi connectivity index (χ4n) is 4.04. The number of benzene rings is 2. The van der Waals surface area contributed by atoms with Crippen LogP contribution in [0.1, 0.15) is 34.6 Å². The minimum Gasteiger partial charge on any atom is -0.487 e. The number of hydrogen-bond acceptors (Lipinski definition) is 4. The van der Waals surface area contributed by atoms with Crippen LogP contribution >= 0.6 is 22.6 Å². The van der Waals surface area contributed by atoms with Crippen molar-refractivity contribution < 1.29 is 13.9 Å². The van der Waals surface area contributed by atoms with E-state index in [4.69, 9.17) is 13.9 Å². The number of ether oxygens (including phenoxy) is 2. The lowest BCUT2D eigenvalue weighted by Gasteiger charge is -2.44. The summed E-state index contributed by atoms with van der Waals surface area (Å²) in [4.78, 5) is 4.40. The zero-order chi connectivity index (χ0) is 24.1. The van der Waals surface area contributed by atoms with Gasteiger partial charge in [-0.1, -0.05) is 95.3 Å². The summed E-state index contributed by atoms with van der Waals surface area (Å²) in [6.45, 7) is 12.3. The monoisotopic (exact) mass is 575 g/mol. The second kappa shape index (κ2) is 10.6. The average molecular weight is 576 g/mol. The Balaban J connectivity index is 1.89. The van der Waals surface area contributed by atoms with E-state index in [1.165, 1.54) is 10.4 Å². The Labute approximate surface area is 213 Å². The van der Waals surface area contributed by atoms with Crippen LogP contribution in [0.4, 0.5) is 0 Å². The topological polar surface area (TPSA) is 40.6 Å². The maximum atomic E-state index is 7.11. The molecule has 3 aromatic rings. The smallest absolute Gasteiger partial charge is 0.261 e. The maximum absolute atomic E-state index is 7.11. The van der Waals surface area contributed by atoms with Crippen molar-refractivity contribution in [2.75, 3.05) is 20.3 Å². The molecule has 0 saturated heterocycles. The molecule has 0 aliphatic rings. The number of pyridine rings is 1. The van der Waals surface area contributed by atoms with Crippen molar-refractivity contribution in [3.05, 3.63) is 76.5 Å². The molecule has 0 spiro atoms. The molecule has 0 aliphatic carbocycles. The van der Waals surface area contributed by atoms with Crippen LogP contribution in [-0.2, 0) is 4.43 Å². The molecule has 1 aromatic heterocycles. The number of rotatable bonds is 9. The Morgan fingerprint density at radius 2 is 1.33 bits per heavy atom. The highest BCUT2D eigenvalue weighted by Gasteiger charge is 2.50. The lowest BCUT2D eigenvalue weighted by atomic mass is 9.96. The standard InChI is InChI=1S/C27H34INO3Si/c1-26(2,3)33(21-13-9-7-10-14-21,22-15-11-8-12-16-22)32-20-27(4,5)19-31-23-17-18-24(28)29-25(23)30-6/h7-18H,19-20H2,1-6H3. The summed E-state index contributed by atoms with van der Waals surface area (Å²) in [7, 11) is -0.973. The quantitative estimate of drug-likeness (QED) is 0.187. The second-order valence-corrected chi connectivity index (χ2v) is 15.5. The Kier molecular flexibility index (Phi) is 8.24. The van der Waals surface area contributed by atoms with Gasteiger partial charge in [0.15, 0.2) is 5.75 Å². The predicted octanol–water partition coefficient (Wildman–Crippen LogP) is 5.68. The van der Waals surface area contributed by atoms with Crippen LogP contribution < -0.4 is 19.8 Å². The largest absolute Gasteiger partial charge is 0.487 e. The minimum atomic E-state index is -2.59. The van der Waals surface area contributed by atoms with E-state index in [0.717, 1.165) is 3.70 Å². The first kappa shape index (κ1) is 25.7. The molecule has 6 heteroatoms. The molecule has 0 aliphatic heterocycles. The van der Waals surface area contributed by atoms with E-state index >= 15 is 0 Å². The van der Waals surface area contributed by atoms with E-state index in [1.807, 2.05) is 12.1 Å². The molecule has 3 rings (SSSR count). The highest BCUT2D eigenvalue weighted by molar-refractivity contribution is 14.1. The van der Waals surface area contributed by atoms with Crippen molar-refractivity contribution in [3.8, 4) is 11.6 Å². The summed E-state index contributed by atoms with van der Waals surface area (Å²) in [5.41, 5.74) is -0.221. The summed E-state index contributed by atoms with van der Waals surface area (Å²) < 4.78 is 19.5. The average Bonchev–Trinajstić information content (AvgIpc) is 2.79. The van der Waals surface area contributed by atoms with Gasteiger partial charge in [0, 0.05) is 12.0 Å². The predicted molar refractivity (Wildman–Crippen MR) is 146 cm³/mol. The molecule has 0 amide bonds. The van der Waals surface area contributed by atoms with Gasteiger partial charge in [0.05, 0.1) is 13.7 Å². The van der Waals surface area contributed by atoms with Crippen molar-refractivity contribution in [2.45, 2.75) is 39.7 Å². The third kappa shape index (κ3) is 5.97. The molecule has 0 unspecified atom stereocenters. The van der Waals surface area contributed by atoms with Crippen LogP contribution in [0.15, 0.2) is 72.8 Å². The van der Waals surface area contributed by atoms with Crippen molar-refractivity contribution in [3.63, 3.8) is 0 Å². The molecule has 1 heterocycles. The zero-order valence-electron chi connectivity index (χ0n) is 20.4. The molecular weight excluding hydrogens is 541 g/mol. The van der Waals surface area contributed by atoms with Crippen molar-refractivity contribution in [1.82, 2.24) is 4.98 Å². The van der Waals surface area contributed by atoms with Crippen LogP contribution in [0, 0.1) is 9.12 Å². The fraction of sp³-hybridized carbons (Fsp3) is 0.370. The van der Waals surface area contributed by atoms with Gasteiger partial charge in [-0.2, -0.15) is 0 Å².